The Hall–Kier alpha value is -3.57. The molecule has 2 aromatic carbocycles. The Balaban J connectivity index is 1.18. The highest BCUT2D eigenvalue weighted by Crippen LogP contribution is 2.45. The highest BCUT2D eigenvalue weighted by atomic mass is 32.2. The number of hydrogen-bond acceptors (Lipinski definition) is 13. The fourth-order valence-corrected chi connectivity index (χ4v) is 9.42. The number of halogens is 2. The summed E-state index contributed by atoms with van der Waals surface area (Å²) in [7, 11) is -3.43. The summed E-state index contributed by atoms with van der Waals surface area (Å²) in [5, 5.41) is 4.80. The Morgan fingerprint density at radius 1 is 0.714 bits per heavy atom. The van der Waals surface area contributed by atoms with Gasteiger partial charge in [0.25, 0.3) is 11.8 Å². The maximum absolute atomic E-state index is 14.7. The van der Waals surface area contributed by atoms with Crippen molar-refractivity contribution < 1.29 is 41.5 Å². The summed E-state index contributed by atoms with van der Waals surface area (Å²) < 4.78 is 68.1. The van der Waals surface area contributed by atoms with Crippen LogP contribution in [0.2, 0.25) is 0 Å². The van der Waals surface area contributed by atoms with Crippen LogP contribution < -0.4 is 20.3 Å². The van der Waals surface area contributed by atoms with E-state index in [0.29, 0.717) is 31.3 Å². The lowest BCUT2D eigenvalue weighted by Gasteiger charge is -2.36. The molecule has 2 fully saturated rings. The van der Waals surface area contributed by atoms with Crippen molar-refractivity contribution in [3.05, 3.63) is 69.0 Å². The molecule has 18 heteroatoms. The molecule has 6 rings (SSSR count). The molecule has 0 aliphatic carbocycles. The van der Waals surface area contributed by atoms with Gasteiger partial charge < -0.3 is 9.47 Å². The van der Waals surface area contributed by atoms with Crippen LogP contribution in [0.1, 0.15) is 90.2 Å². The molecule has 302 valence electrons. The van der Waals surface area contributed by atoms with Crippen molar-refractivity contribution in [2.75, 3.05) is 26.2 Å². The SMILES string of the molecule is CCC(CC)(Oc1cc(F)ccc1C=C1SC(N2CCCCN2)=NC1=O)O[PH](=O)OC(CC)(CC)Oc1cc(F)ccc1C=C1SC(N2CCCCN2)=NC1=O. The van der Waals surface area contributed by atoms with Gasteiger partial charge in [-0.1, -0.05) is 27.7 Å². The van der Waals surface area contributed by atoms with Crippen molar-refractivity contribution in [2.24, 2.45) is 9.98 Å². The number of ether oxygens (including phenoxy) is 2. The van der Waals surface area contributed by atoms with Gasteiger partial charge in [0.15, 0.2) is 10.3 Å². The zero-order valence-corrected chi connectivity index (χ0v) is 34.5. The molecule has 0 atom stereocenters. The molecule has 4 aliphatic heterocycles. The summed E-state index contributed by atoms with van der Waals surface area (Å²) >= 11 is 2.42. The maximum Gasteiger partial charge on any atom is 0.325 e. The minimum atomic E-state index is -3.43. The molecule has 0 saturated carbocycles. The smallest absolute Gasteiger partial charge is 0.325 e. The highest BCUT2D eigenvalue weighted by molar-refractivity contribution is 8.18. The van der Waals surface area contributed by atoms with Gasteiger partial charge in [0.1, 0.15) is 23.1 Å². The van der Waals surface area contributed by atoms with Crippen LogP contribution in [-0.4, -0.2) is 69.9 Å². The summed E-state index contributed by atoms with van der Waals surface area (Å²) in [5.74, 6) is -4.94. The molecule has 56 heavy (non-hydrogen) atoms. The van der Waals surface area contributed by atoms with Crippen LogP contribution in [0.5, 0.6) is 11.5 Å². The summed E-state index contributed by atoms with van der Waals surface area (Å²) in [6, 6.07) is 7.86. The van der Waals surface area contributed by atoms with E-state index in [0.717, 1.165) is 51.9 Å². The quantitative estimate of drug-likeness (QED) is 0.108. The van der Waals surface area contributed by atoms with Crippen molar-refractivity contribution in [1.82, 2.24) is 20.9 Å². The number of thioether (sulfide) groups is 2. The number of carbonyl (C=O) groups excluding carboxylic acids is 2. The monoisotopic (exact) mass is 832 g/mol. The topological polar surface area (TPSA) is 143 Å². The predicted molar refractivity (Wildman–Crippen MR) is 216 cm³/mol. The van der Waals surface area contributed by atoms with E-state index < -0.39 is 43.3 Å². The van der Waals surface area contributed by atoms with Crippen molar-refractivity contribution in [1.29, 1.82) is 0 Å². The van der Waals surface area contributed by atoms with E-state index in [-0.39, 0.29) is 37.2 Å². The standard InChI is InChI=1S/C38H47F2N6O7PS2/c1-5-37(6-2,50-29-23-27(39)15-13-25(29)21-31-33(47)43-35(55-31)45-19-11-9-17-41-45)52-54(49)53-38(7-3,8-4)51-30-24-28(40)16-14-26(30)22-32-34(48)44-36(56-32)46-20-12-10-18-42-46/h13-16,21-24,41-42,54H,5-12,17-20H2,1-4H3. The Morgan fingerprint density at radius 2 is 1.12 bits per heavy atom. The van der Waals surface area contributed by atoms with Crippen LogP contribution in [0.4, 0.5) is 8.78 Å². The molecule has 2 saturated heterocycles. The Kier molecular flexibility index (Phi) is 14.1. The third-order valence-corrected chi connectivity index (χ3v) is 12.8. The Labute approximate surface area is 334 Å². The summed E-state index contributed by atoms with van der Waals surface area (Å²) in [4.78, 5) is 34.9. The van der Waals surface area contributed by atoms with E-state index in [2.05, 4.69) is 20.8 Å². The van der Waals surface area contributed by atoms with Crippen molar-refractivity contribution in [2.45, 2.75) is 90.6 Å². The van der Waals surface area contributed by atoms with Crippen LogP contribution >= 0.6 is 31.8 Å². The molecule has 2 aromatic rings. The minimum Gasteiger partial charge on any atom is -0.461 e. The second kappa shape index (κ2) is 18.8. The first-order chi connectivity index (χ1) is 27.0. The summed E-state index contributed by atoms with van der Waals surface area (Å²) in [6.07, 6.45) is 7.95. The molecule has 4 heterocycles. The summed E-state index contributed by atoms with van der Waals surface area (Å²) in [6.45, 7) is 10.1. The molecule has 2 N–H and O–H groups in total. The molecule has 0 spiro atoms. The number of amides is 2. The molecule has 0 bridgehead atoms. The number of amidine groups is 2. The van der Waals surface area contributed by atoms with E-state index in [1.165, 1.54) is 59.9 Å². The molecular weight excluding hydrogens is 786 g/mol. The van der Waals surface area contributed by atoms with E-state index in [1.54, 1.807) is 39.8 Å². The van der Waals surface area contributed by atoms with Gasteiger partial charge in [-0.25, -0.2) is 19.6 Å². The van der Waals surface area contributed by atoms with Gasteiger partial charge >= 0.3 is 8.25 Å². The van der Waals surface area contributed by atoms with Gasteiger partial charge in [0.2, 0.25) is 11.6 Å². The average Bonchev–Trinajstić information content (AvgIpc) is 3.77. The lowest BCUT2D eigenvalue weighted by molar-refractivity contribution is -0.155. The highest BCUT2D eigenvalue weighted by Gasteiger charge is 2.39. The molecular formula is C38H47F2N6O7PS2. The number of nitrogens with one attached hydrogen (secondary N) is 2. The fraction of sp³-hybridized carbons (Fsp3) is 0.474. The van der Waals surface area contributed by atoms with Crippen molar-refractivity contribution in [3.8, 4) is 11.5 Å². The number of benzene rings is 2. The zero-order valence-electron chi connectivity index (χ0n) is 31.8. The molecule has 4 aliphatic rings. The minimum absolute atomic E-state index is 0.0717. The Bertz CT molecular complexity index is 1810. The van der Waals surface area contributed by atoms with Crippen LogP contribution in [0, 0.1) is 11.6 Å². The number of nitrogens with zero attached hydrogens (tertiary/aromatic N) is 4. The van der Waals surface area contributed by atoms with Crippen LogP contribution in [0.25, 0.3) is 12.2 Å². The van der Waals surface area contributed by atoms with Crippen molar-refractivity contribution in [3.63, 3.8) is 0 Å². The third-order valence-electron chi connectivity index (χ3n) is 9.71. The maximum atomic E-state index is 14.7. The number of carbonyl (C=O) groups is 2. The van der Waals surface area contributed by atoms with E-state index in [4.69, 9.17) is 18.5 Å². The van der Waals surface area contributed by atoms with Gasteiger partial charge in [0.05, 0.1) is 9.81 Å². The van der Waals surface area contributed by atoms with Crippen molar-refractivity contribution >= 4 is 66.1 Å². The second-order valence-corrected chi connectivity index (χ2v) is 16.3. The first-order valence-electron chi connectivity index (χ1n) is 18.9. The van der Waals surface area contributed by atoms with E-state index in [1.807, 2.05) is 10.0 Å². The number of hydrogen-bond donors (Lipinski definition) is 2. The van der Waals surface area contributed by atoms with E-state index in [9.17, 15) is 22.9 Å². The number of rotatable bonds is 14. The molecule has 0 unspecified atom stereocenters. The lowest BCUT2D eigenvalue weighted by atomic mass is 10.1. The van der Waals surface area contributed by atoms with Crippen LogP contribution in [-0.2, 0) is 23.2 Å². The first-order valence-corrected chi connectivity index (χ1v) is 21.8. The second-order valence-electron chi connectivity index (χ2n) is 13.4. The predicted octanol–water partition coefficient (Wildman–Crippen LogP) is 8.02. The van der Waals surface area contributed by atoms with Gasteiger partial charge in [-0.05, 0) is 85.6 Å². The summed E-state index contributed by atoms with van der Waals surface area (Å²) in [5.41, 5.74) is 7.29. The van der Waals surface area contributed by atoms with Crippen LogP contribution in [0.3, 0.4) is 0 Å². The fourth-order valence-electron chi connectivity index (χ4n) is 6.29. The van der Waals surface area contributed by atoms with Gasteiger partial charge in [-0.3, -0.25) is 33.2 Å². The molecule has 0 radical (unpaired) electrons. The third kappa shape index (κ3) is 10.1. The number of aliphatic imine (C=N–C) groups is 2. The molecule has 0 aromatic heterocycles. The Morgan fingerprint density at radius 3 is 1.48 bits per heavy atom. The van der Waals surface area contributed by atoms with Gasteiger partial charge in [-0.15, -0.1) is 0 Å². The number of hydrazine groups is 2. The van der Waals surface area contributed by atoms with Gasteiger partial charge in [0, 0.05) is 75.1 Å². The zero-order chi connectivity index (χ0) is 39.9. The van der Waals surface area contributed by atoms with Crippen LogP contribution in [0.15, 0.2) is 56.2 Å². The molecule has 2 amide bonds. The normalized spacial score (nSPS) is 20.2. The van der Waals surface area contributed by atoms with Gasteiger partial charge in [-0.2, -0.15) is 9.98 Å². The largest absolute Gasteiger partial charge is 0.461 e. The first kappa shape index (κ1) is 42.0. The average molecular weight is 833 g/mol. The molecule has 13 nitrogen and oxygen atoms in total. The lowest BCUT2D eigenvalue weighted by Crippen LogP contribution is -2.45. The van der Waals surface area contributed by atoms with E-state index >= 15 is 0 Å².